The summed E-state index contributed by atoms with van der Waals surface area (Å²) in [6, 6.07) is 7.99. The summed E-state index contributed by atoms with van der Waals surface area (Å²) in [6.45, 7) is 0. The Kier molecular flexibility index (Phi) is 4.65. The highest BCUT2D eigenvalue weighted by atomic mass is 35.5. The molecule has 100 valence electrons. The monoisotopic (exact) mass is 287 g/mol. The van der Waals surface area contributed by atoms with Gasteiger partial charge in [0, 0.05) is 11.9 Å². The topological polar surface area (TPSA) is 46.2 Å². The van der Waals surface area contributed by atoms with Gasteiger partial charge in [0.1, 0.15) is 0 Å². The quantitative estimate of drug-likeness (QED) is 0.846. The Bertz CT molecular complexity index is 501. The summed E-state index contributed by atoms with van der Waals surface area (Å²) < 4.78 is 26.6. The molecule has 3 nitrogen and oxygen atoms in total. The van der Waals surface area contributed by atoms with Crippen LogP contribution in [0.15, 0.2) is 24.3 Å². The number of nitrogens with one attached hydrogen (secondary N) is 1. The van der Waals surface area contributed by atoms with Gasteiger partial charge in [-0.3, -0.25) is 0 Å². The van der Waals surface area contributed by atoms with E-state index >= 15 is 0 Å². The summed E-state index contributed by atoms with van der Waals surface area (Å²) in [6.07, 6.45) is 3.43. The molecule has 0 saturated carbocycles. The van der Waals surface area contributed by atoms with Crippen LogP contribution in [-0.2, 0) is 16.4 Å². The van der Waals surface area contributed by atoms with Crippen molar-refractivity contribution in [3.63, 3.8) is 0 Å². The second-order valence-corrected chi connectivity index (χ2v) is 6.87. The Morgan fingerprint density at radius 3 is 2.89 bits per heavy atom. The molecule has 0 amide bonds. The second-order valence-electron chi connectivity index (χ2n) is 4.62. The third-order valence-corrected chi connectivity index (χ3v) is 4.97. The summed E-state index contributed by atoms with van der Waals surface area (Å²) in [4.78, 5) is 0. The van der Waals surface area contributed by atoms with Crippen LogP contribution >= 0.6 is 11.6 Å². The van der Waals surface area contributed by atoms with Gasteiger partial charge in [-0.25, -0.2) is 13.1 Å². The van der Waals surface area contributed by atoms with Crippen LogP contribution in [0.4, 0.5) is 0 Å². The van der Waals surface area contributed by atoms with Gasteiger partial charge in [-0.05, 0) is 36.8 Å². The summed E-state index contributed by atoms with van der Waals surface area (Å²) in [5.41, 5.74) is 2.38. The molecule has 18 heavy (non-hydrogen) atoms. The van der Waals surface area contributed by atoms with Gasteiger partial charge in [0.15, 0.2) is 0 Å². The van der Waals surface area contributed by atoms with Crippen molar-refractivity contribution in [1.82, 2.24) is 4.72 Å². The van der Waals surface area contributed by atoms with Crippen molar-refractivity contribution in [2.24, 2.45) is 0 Å². The molecule has 0 aliphatic heterocycles. The van der Waals surface area contributed by atoms with Crippen molar-refractivity contribution < 1.29 is 8.42 Å². The molecule has 0 saturated heterocycles. The summed E-state index contributed by atoms with van der Waals surface area (Å²) in [7, 11) is -3.22. The minimum absolute atomic E-state index is 0.0738. The van der Waals surface area contributed by atoms with Crippen molar-refractivity contribution in [2.75, 3.05) is 11.6 Å². The van der Waals surface area contributed by atoms with E-state index in [4.69, 9.17) is 11.6 Å². The Hall–Kier alpha value is -0.580. The van der Waals surface area contributed by atoms with Crippen molar-refractivity contribution in [3.05, 3.63) is 35.4 Å². The average molecular weight is 288 g/mol. The SMILES string of the molecule is O=S(=O)(CCCCl)N[C@@H]1CCCc2ccccc21. The maximum Gasteiger partial charge on any atom is 0.212 e. The van der Waals surface area contributed by atoms with Crippen LogP contribution in [-0.4, -0.2) is 20.1 Å². The highest BCUT2D eigenvalue weighted by Crippen LogP contribution is 2.29. The molecule has 2 rings (SSSR count). The molecule has 1 aliphatic carbocycles. The number of alkyl halides is 1. The molecule has 1 N–H and O–H groups in total. The van der Waals surface area contributed by atoms with Gasteiger partial charge in [0.05, 0.1) is 5.75 Å². The van der Waals surface area contributed by atoms with E-state index in [2.05, 4.69) is 10.8 Å². The molecular weight excluding hydrogens is 270 g/mol. The Morgan fingerprint density at radius 2 is 2.11 bits per heavy atom. The van der Waals surface area contributed by atoms with Crippen molar-refractivity contribution >= 4 is 21.6 Å². The normalized spacial score (nSPS) is 19.5. The van der Waals surface area contributed by atoms with E-state index in [-0.39, 0.29) is 11.8 Å². The lowest BCUT2D eigenvalue weighted by atomic mass is 9.88. The van der Waals surface area contributed by atoms with Gasteiger partial charge >= 0.3 is 0 Å². The van der Waals surface area contributed by atoms with Crippen LogP contribution in [0.1, 0.15) is 36.4 Å². The Morgan fingerprint density at radius 1 is 1.33 bits per heavy atom. The lowest BCUT2D eigenvalue weighted by Gasteiger charge is -2.26. The third kappa shape index (κ3) is 3.46. The second kappa shape index (κ2) is 6.04. The minimum atomic E-state index is -3.22. The zero-order valence-corrected chi connectivity index (χ0v) is 11.8. The predicted molar refractivity (Wildman–Crippen MR) is 74.4 cm³/mol. The van der Waals surface area contributed by atoms with Crippen LogP contribution in [0.3, 0.4) is 0 Å². The highest BCUT2D eigenvalue weighted by Gasteiger charge is 2.23. The maximum absolute atomic E-state index is 11.9. The molecule has 0 unspecified atom stereocenters. The van der Waals surface area contributed by atoms with Gasteiger partial charge in [-0.15, -0.1) is 11.6 Å². The number of halogens is 1. The molecule has 0 bridgehead atoms. The predicted octanol–water partition coefficient (Wildman–Crippen LogP) is 2.61. The first-order valence-corrected chi connectivity index (χ1v) is 8.45. The van der Waals surface area contributed by atoms with Gasteiger partial charge in [-0.2, -0.15) is 0 Å². The van der Waals surface area contributed by atoms with Crippen LogP contribution in [0.25, 0.3) is 0 Å². The molecule has 0 aromatic heterocycles. The van der Waals surface area contributed by atoms with E-state index in [9.17, 15) is 8.42 Å². The van der Waals surface area contributed by atoms with Crippen molar-refractivity contribution in [2.45, 2.75) is 31.7 Å². The molecule has 1 aromatic rings. The fourth-order valence-corrected chi connectivity index (χ4v) is 4.01. The number of hydrogen-bond donors (Lipinski definition) is 1. The standard InChI is InChI=1S/C13H18ClNO2S/c14-9-4-10-18(16,17)15-13-8-3-6-11-5-1-2-7-12(11)13/h1-2,5,7,13,15H,3-4,6,8-10H2/t13-/m1/s1. The van der Waals surface area contributed by atoms with Crippen molar-refractivity contribution in [1.29, 1.82) is 0 Å². The number of aryl methyl sites for hydroxylation is 1. The van der Waals surface area contributed by atoms with Crippen LogP contribution < -0.4 is 4.72 Å². The smallest absolute Gasteiger partial charge is 0.212 e. The lowest BCUT2D eigenvalue weighted by molar-refractivity contribution is 0.507. The minimum Gasteiger partial charge on any atom is -0.212 e. The zero-order valence-electron chi connectivity index (χ0n) is 10.2. The van der Waals surface area contributed by atoms with Gasteiger partial charge in [-0.1, -0.05) is 24.3 Å². The number of fused-ring (bicyclic) bond motifs is 1. The van der Waals surface area contributed by atoms with Crippen LogP contribution in [0.5, 0.6) is 0 Å². The molecule has 0 heterocycles. The number of sulfonamides is 1. The summed E-state index contributed by atoms with van der Waals surface area (Å²) in [5, 5.41) is 0. The molecule has 1 atom stereocenters. The van der Waals surface area contributed by atoms with E-state index in [1.807, 2.05) is 18.2 Å². The van der Waals surface area contributed by atoms with Gasteiger partial charge < -0.3 is 0 Å². The first-order valence-electron chi connectivity index (χ1n) is 6.26. The third-order valence-electron chi connectivity index (χ3n) is 3.24. The Balaban J connectivity index is 2.12. The van der Waals surface area contributed by atoms with E-state index in [0.29, 0.717) is 12.3 Å². The van der Waals surface area contributed by atoms with Gasteiger partial charge in [0.2, 0.25) is 10.0 Å². The van der Waals surface area contributed by atoms with E-state index in [0.717, 1.165) is 24.8 Å². The fraction of sp³-hybridized carbons (Fsp3) is 0.538. The lowest BCUT2D eigenvalue weighted by Crippen LogP contribution is -2.32. The van der Waals surface area contributed by atoms with Crippen LogP contribution in [0.2, 0.25) is 0 Å². The van der Waals surface area contributed by atoms with E-state index in [1.54, 1.807) is 0 Å². The molecule has 0 radical (unpaired) electrons. The van der Waals surface area contributed by atoms with E-state index in [1.165, 1.54) is 5.56 Å². The molecular formula is C13H18ClNO2S. The molecule has 5 heteroatoms. The molecule has 0 fully saturated rings. The zero-order chi connectivity index (χ0) is 13.0. The molecule has 1 aromatic carbocycles. The maximum atomic E-state index is 11.9. The number of rotatable bonds is 5. The number of benzene rings is 1. The number of hydrogen-bond acceptors (Lipinski definition) is 2. The summed E-state index contributed by atoms with van der Waals surface area (Å²) >= 11 is 5.54. The summed E-state index contributed by atoms with van der Waals surface area (Å²) in [5.74, 6) is 0.483. The molecule has 1 aliphatic rings. The largest absolute Gasteiger partial charge is 0.212 e. The van der Waals surface area contributed by atoms with E-state index < -0.39 is 10.0 Å². The highest BCUT2D eigenvalue weighted by molar-refractivity contribution is 7.89. The average Bonchev–Trinajstić information content (AvgIpc) is 2.37. The first kappa shape index (κ1) is 13.8. The van der Waals surface area contributed by atoms with Gasteiger partial charge in [0.25, 0.3) is 0 Å². The fourth-order valence-electron chi connectivity index (χ4n) is 2.40. The van der Waals surface area contributed by atoms with Crippen molar-refractivity contribution in [3.8, 4) is 0 Å². The molecule has 0 spiro atoms. The van der Waals surface area contributed by atoms with Crippen LogP contribution in [0, 0.1) is 0 Å². The Labute approximate surface area is 114 Å². The first-order chi connectivity index (χ1) is 8.62.